The highest BCUT2D eigenvalue weighted by atomic mass is 19.4. The monoisotopic (exact) mass is 624 g/mol. The van der Waals surface area contributed by atoms with Gasteiger partial charge in [0, 0.05) is 29.3 Å². The zero-order valence-corrected chi connectivity index (χ0v) is 23.5. The lowest BCUT2D eigenvalue weighted by atomic mass is 9.99. The summed E-state index contributed by atoms with van der Waals surface area (Å²) in [5.41, 5.74) is -0.914. The number of aryl methyl sites for hydroxylation is 1. The maximum absolute atomic E-state index is 13.4. The third-order valence-electron chi connectivity index (χ3n) is 7.05. The van der Waals surface area contributed by atoms with Crippen molar-refractivity contribution in [2.75, 3.05) is 6.54 Å². The summed E-state index contributed by atoms with van der Waals surface area (Å²) >= 11 is 0. The molecule has 4 aromatic carbocycles. The predicted molar refractivity (Wildman–Crippen MR) is 157 cm³/mol. The molecule has 0 saturated carbocycles. The smallest absolute Gasteiger partial charge is 0.416 e. The summed E-state index contributed by atoms with van der Waals surface area (Å²) < 4.78 is 86.4. The number of pyridine rings is 1. The van der Waals surface area contributed by atoms with E-state index in [1.165, 1.54) is 24.4 Å². The number of nitrogens with zero attached hydrogens (tertiary/aromatic N) is 1. The number of nitrogens with one attached hydrogen (secondary N) is 1. The van der Waals surface area contributed by atoms with E-state index < -0.39 is 36.0 Å². The molecule has 232 valence electrons. The quantitative estimate of drug-likeness (QED) is 0.127. The van der Waals surface area contributed by atoms with Crippen LogP contribution in [0.5, 0.6) is 11.5 Å². The second-order valence-electron chi connectivity index (χ2n) is 10.3. The highest BCUT2D eigenvalue weighted by Crippen LogP contribution is 2.39. The Hall–Kier alpha value is -5.06. The maximum Gasteiger partial charge on any atom is 0.416 e. The lowest BCUT2D eigenvalue weighted by Crippen LogP contribution is -2.24. The molecule has 2 N–H and O–H groups in total. The topological polar surface area (TPSA) is 71.5 Å². The number of phenols is 1. The molecule has 1 heterocycles. The number of hydrogen-bond donors (Lipinski definition) is 2. The number of hydrogen-bond acceptors (Lipinski definition) is 4. The van der Waals surface area contributed by atoms with Crippen molar-refractivity contribution in [1.29, 1.82) is 0 Å². The van der Waals surface area contributed by atoms with Crippen LogP contribution < -0.4 is 10.1 Å². The molecule has 1 amide bonds. The van der Waals surface area contributed by atoms with Gasteiger partial charge in [-0.05, 0) is 84.1 Å². The van der Waals surface area contributed by atoms with Gasteiger partial charge in [-0.15, -0.1) is 0 Å². The molecule has 0 spiro atoms. The first-order valence-corrected chi connectivity index (χ1v) is 13.8. The molecular weight excluding hydrogens is 598 g/mol. The normalized spacial score (nSPS) is 11.9. The average molecular weight is 625 g/mol. The van der Waals surface area contributed by atoms with Gasteiger partial charge in [-0.3, -0.25) is 9.78 Å². The molecule has 0 radical (unpaired) electrons. The summed E-state index contributed by atoms with van der Waals surface area (Å²) in [6.07, 6.45) is -7.12. The van der Waals surface area contributed by atoms with Crippen molar-refractivity contribution in [3.8, 4) is 22.6 Å². The maximum atomic E-state index is 13.4. The number of fused-ring (bicyclic) bond motifs is 1. The summed E-state index contributed by atoms with van der Waals surface area (Å²) in [6, 6.07) is 21.8. The van der Waals surface area contributed by atoms with Gasteiger partial charge in [0.15, 0.2) is 0 Å². The lowest BCUT2D eigenvalue weighted by Gasteiger charge is -2.17. The minimum atomic E-state index is -5.02. The minimum Gasteiger partial charge on any atom is -0.506 e. The first-order valence-electron chi connectivity index (χ1n) is 13.8. The van der Waals surface area contributed by atoms with E-state index in [1.54, 1.807) is 24.3 Å². The van der Waals surface area contributed by atoms with Gasteiger partial charge in [-0.2, -0.15) is 26.3 Å². The molecule has 5 aromatic rings. The molecule has 5 rings (SSSR count). The number of ether oxygens (including phenoxy) is 1. The van der Waals surface area contributed by atoms with Crippen LogP contribution in [-0.2, 0) is 25.4 Å². The molecule has 1 aromatic heterocycles. The molecule has 45 heavy (non-hydrogen) atoms. The van der Waals surface area contributed by atoms with Crippen molar-refractivity contribution in [3.63, 3.8) is 0 Å². The number of halogens is 6. The van der Waals surface area contributed by atoms with E-state index in [1.807, 2.05) is 30.3 Å². The SMILES string of the molecule is O=C(NCCCc1ccccc1)c1ccc(-c2cc(O)c3ncccc3c2)c(OCc2cc(C(F)(F)F)cc(C(F)(F)F)c2)c1. The molecule has 0 unspecified atom stereocenters. The number of amides is 1. The number of rotatable bonds is 9. The fourth-order valence-corrected chi connectivity index (χ4v) is 4.85. The number of carbonyl (C=O) groups excluding carboxylic acids is 1. The van der Waals surface area contributed by atoms with Gasteiger partial charge in [0.2, 0.25) is 0 Å². The number of phenolic OH excluding ortho intramolecular Hbond substituents is 1. The van der Waals surface area contributed by atoms with Crippen molar-refractivity contribution in [1.82, 2.24) is 10.3 Å². The van der Waals surface area contributed by atoms with Crippen LogP contribution >= 0.6 is 0 Å². The Kier molecular flexibility index (Phi) is 8.99. The molecular formula is C34H26F6N2O3. The molecule has 11 heteroatoms. The molecule has 0 bridgehead atoms. The molecule has 0 aliphatic heterocycles. The summed E-state index contributed by atoms with van der Waals surface area (Å²) in [7, 11) is 0. The molecule has 0 aliphatic rings. The zero-order chi connectivity index (χ0) is 32.2. The Morgan fingerprint density at radius 3 is 2.20 bits per heavy atom. The van der Waals surface area contributed by atoms with Crippen molar-refractivity contribution < 1.29 is 41.0 Å². The van der Waals surface area contributed by atoms with Crippen molar-refractivity contribution in [2.45, 2.75) is 31.8 Å². The van der Waals surface area contributed by atoms with E-state index >= 15 is 0 Å². The van der Waals surface area contributed by atoms with Gasteiger partial charge in [0.25, 0.3) is 5.91 Å². The Bertz CT molecular complexity index is 1790. The summed E-state index contributed by atoms with van der Waals surface area (Å²) in [4.78, 5) is 17.1. The van der Waals surface area contributed by atoms with Gasteiger partial charge in [-0.25, -0.2) is 0 Å². The lowest BCUT2D eigenvalue weighted by molar-refractivity contribution is -0.143. The Balaban J connectivity index is 1.45. The van der Waals surface area contributed by atoms with Crippen LogP contribution in [0.4, 0.5) is 26.3 Å². The number of aromatic nitrogens is 1. The second-order valence-corrected chi connectivity index (χ2v) is 10.3. The molecule has 0 fully saturated rings. The van der Waals surface area contributed by atoms with Crippen LogP contribution in [0.15, 0.2) is 97.2 Å². The van der Waals surface area contributed by atoms with E-state index in [2.05, 4.69) is 10.3 Å². The van der Waals surface area contributed by atoms with Gasteiger partial charge < -0.3 is 15.2 Å². The van der Waals surface area contributed by atoms with Crippen LogP contribution in [0.1, 0.15) is 39.0 Å². The average Bonchev–Trinajstić information content (AvgIpc) is 3.01. The van der Waals surface area contributed by atoms with E-state index in [0.717, 1.165) is 12.0 Å². The fourth-order valence-electron chi connectivity index (χ4n) is 4.85. The Labute approximate surface area is 254 Å². The highest BCUT2D eigenvalue weighted by molar-refractivity contribution is 5.96. The van der Waals surface area contributed by atoms with Crippen LogP contribution in [0.2, 0.25) is 0 Å². The Morgan fingerprint density at radius 2 is 1.51 bits per heavy atom. The van der Waals surface area contributed by atoms with Crippen LogP contribution in [-0.4, -0.2) is 22.5 Å². The standard InChI is InChI=1S/C34H26F6N2O3/c35-33(36,37)26-14-22(15-27(19-26)34(38,39)40)20-45-30-18-24(32(44)42-13-4-8-21-6-2-1-3-7-21)10-11-28(30)25-16-23-9-5-12-41-31(23)29(43)17-25/h1-3,5-7,9-12,14-19,43H,4,8,13,20H2,(H,42,44). The van der Waals surface area contributed by atoms with E-state index in [-0.39, 0.29) is 28.7 Å². The van der Waals surface area contributed by atoms with Crippen molar-refractivity contribution >= 4 is 16.8 Å². The number of alkyl halides is 6. The fraction of sp³-hybridized carbons (Fsp3) is 0.176. The van der Waals surface area contributed by atoms with E-state index in [0.29, 0.717) is 47.1 Å². The largest absolute Gasteiger partial charge is 0.506 e. The van der Waals surface area contributed by atoms with Crippen LogP contribution in [0, 0.1) is 0 Å². The third kappa shape index (κ3) is 7.72. The van der Waals surface area contributed by atoms with Crippen LogP contribution in [0.25, 0.3) is 22.0 Å². The van der Waals surface area contributed by atoms with Gasteiger partial charge in [-0.1, -0.05) is 36.4 Å². The number of benzene rings is 4. The molecule has 5 nitrogen and oxygen atoms in total. The first kappa shape index (κ1) is 31.4. The third-order valence-corrected chi connectivity index (χ3v) is 7.05. The van der Waals surface area contributed by atoms with Crippen molar-refractivity contribution in [3.05, 3.63) is 125 Å². The summed E-state index contributed by atoms with van der Waals surface area (Å²) in [5.74, 6) is -0.578. The predicted octanol–water partition coefficient (Wildman–Crippen LogP) is 8.59. The molecule has 0 saturated heterocycles. The number of carbonyl (C=O) groups is 1. The zero-order valence-electron chi connectivity index (χ0n) is 23.5. The summed E-state index contributed by atoms with van der Waals surface area (Å²) in [6.45, 7) is -0.301. The second kappa shape index (κ2) is 12.9. The highest BCUT2D eigenvalue weighted by Gasteiger charge is 2.37. The molecule has 0 atom stereocenters. The summed E-state index contributed by atoms with van der Waals surface area (Å²) in [5, 5.41) is 14.0. The minimum absolute atomic E-state index is 0.0144. The van der Waals surface area contributed by atoms with E-state index in [9.17, 15) is 36.2 Å². The van der Waals surface area contributed by atoms with Gasteiger partial charge in [0.1, 0.15) is 23.6 Å². The van der Waals surface area contributed by atoms with Crippen LogP contribution in [0.3, 0.4) is 0 Å². The van der Waals surface area contributed by atoms with Crippen molar-refractivity contribution in [2.24, 2.45) is 0 Å². The molecule has 0 aliphatic carbocycles. The van der Waals surface area contributed by atoms with Gasteiger partial charge >= 0.3 is 12.4 Å². The van der Waals surface area contributed by atoms with E-state index in [4.69, 9.17) is 4.74 Å². The Morgan fingerprint density at radius 1 is 0.800 bits per heavy atom. The first-order chi connectivity index (χ1) is 21.4. The number of aromatic hydroxyl groups is 1. The van der Waals surface area contributed by atoms with Gasteiger partial charge in [0.05, 0.1) is 11.1 Å².